The molecule has 1 aromatic carbocycles. The highest BCUT2D eigenvalue weighted by Gasteiger charge is 2.14. The molecule has 0 bridgehead atoms. The van der Waals surface area contributed by atoms with Crippen molar-refractivity contribution in [1.29, 1.82) is 0 Å². The molecule has 18 heavy (non-hydrogen) atoms. The zero-order valence-corrected chi connectivity index (χ0v) is 11.3. The molecule has 0 spiro atoms. The molecule has 4 nitrogen and oxygen atoms in total. The maximum Gasteiger partial charge on any atom is 0.253 e. The Bertz CT molecular complexity index is 405. The van der Waals surface area contributed by atoms with Crippen LogP contribution >= 0.6 is 0 Å². The highest BCUT2D eigenvalue weighted by Crippen LogP contribution is 2.19. The summed E-state index contributed by atoms with van der Waals surface area (Å²) >= 11 is 0. The first-order valence-electron chi connectivity index (χ1n) is 6.36. The van der Waals surface area contributed by atoms with Gasteiger partial charge < -0.3 is 15.8 Å². The van der Waals surface area contributed by atoms with E-state index in [-0.39, 0.29) is 11.9 Å². The van der Waals surface area contributed by atoms with E-state index in [1.54, 1.807) is 25.3 Å². The number of nitrogens with one attached hydrogen (secondary N) is 1. The van der Waals surface area contributed by atoms with Gasteiger partial charge in [0.1, 0.15) is 5.75 Å². The predicted octanol–water partition coefficient (Wildman–Crippen LogP) is 2.59. The van der Waals surface area contributed by atoms with Gasteiger partial charge in [0.05, 0.1) is 12.7 Å². The van der Waals surface area contributed by atoms with Crippen molar-refractivity contribution in [2.75, 3.05) is 12.8 Å². The highest BCUT2D eigenvalue weighted by molar-refractivity contribution is 5.99. The van der Waals surface area contributed by atoms with Gasteiger partial charge in [0, 0.05) is 11.7 Å². The van der Waals surface area contributed by atoms with Crippen molar-refractivity contribution in [3.05, 3.63) is 23.8 Å². The summed E-state index contributed by atoms with van der Waals surface area (Å²) in [4.78, 5) is 12.1. The Labute approximate surface area is 109 Å². The minimum absolute atomic E-state index is 0.133. The molecule has 0 saturated heterocycles. The number of benzene rings is 1. The molecule has 4 heteroatoms. The van der Waals surface area contributed by atoms with E-state index in [0.717, 1.165) is 19.3 Å². The van der Waals surface area contributed by atoms with Gasteiger partial charge in [-0.15, -0.1) is 0 Å². The van der Waals surface area contributed by atoms with Gasteiger partial charge in [-0.2, -0.15) is 0 Å². The fourth-order valence-corrected chi connectivity index (χ4v) is 1.85. The SMILES string of the molecule is CCCC(CC)NC(=O)c1cc(OC)ccc1N. The van der Waals surface area contributed by atoms with Gasteiger partial charge in [-0.25, -0.2) is 0 Å². The molecule has 1 atom stereocenters. The zero-order chi connectivity index (χ0) is 13.5. The number of methoxy groups -OCH3 is 1. The van der Waals surface area contributed by atoms with Crippen LogP contribution in [-0.2, 0) is 0 Å². The molecule has 0 heterocycles. The van der Waals surface area contributed by atoms with E-state index in [2.05, 4.69) is 19.2 Å². The molecule has 0 aliphatic rings. The quantitative estimate of drug-likeness (QED) is 0.763. The fourth-order valence-electron chi connectivity index (χ4n) is 1.85. The molecule has 1 rings (SSSR count). The molecular weight excluding hydrogens is 228 g/mol. The van der Waals surface area contributed by atoms with E-state index in [1.165, 1.54) is 0 Å². The Morgan fingerprint density at radius 3 is 2.72 bits per heavy atom. The molecule has 1 amide bonds. The monoisotopic (exact) mass is 250 g/mol. The van der Waals surface area contributed by atoms with E-state index in [0.29, 0.717) is 17.0 Å². The standard InChI is InChI=1S/C14H22N2O2/c1-4-6-10(5-2)16-14(17)12-9-11(18-3)7-8-13(12)15/h7-10H,4-6,15H2,1-3H3,(H,16,17). The third-order valence-electron chi connectivity index (χ3n) is 2.97. The van der Waals surface area contributed by atoms with Crippen molar-refractivity contribution in [3.8, 4) is 5.75 Å². The van der Waals surface area contributed by atoms with E-state index in [1.807, 2.05) is 0 Å². The second-order valence-corrected chi connectivity index (χ2v) is 4.32. The minimum Gasteiger partial charge on any atom is -0.497 e. The van der Waals surface area contributed by atoms with Crippen LogP contribution < -0.4 is 15.8 Å². The molecule has 0 aliphatic heterocycles. The van der Waals surface area contributed by atoms with Crippen molar-refractivity contribution >= 4 is 11.6 Å². The van der Waals surface area contributed by atoms with Crippen molar-refractivity contribution < 1.29 is 9.53 Å². The Hall–Kier alpha value is -1.71. The lowest BCUT2D eigenvalue weighted by molar-refractivity contribution is 0.0934. The number of anilines is 1. The number of hydrogen-bond acceptors (Lipinski definition) is 3. The summed E-state index contributed by atoms with van der Waals surface area (Å²) < 4.78 is 5.10. The summed E-state index contributed by atoms with van der Waals surface area (Å²) in [5.41, 5.74) is 6.77. The summed E-state index contributed by atoms with van der Waals surface area (Å²) in [7, 11) is 1.57. The number of nitrogens with two attached hydrogens (primary N) is 1. The van der Waals surface area contributed by atoms with Crippen LogP contribution in [0.3, 0.4) is 0 Å². The summed E-state index contributed by atoms with van der Waals surface area (Å²) in [5.74, 6) is 0.504. The number of ether oxygens (including phenoxy) is 1. The second-order valence-electron chi connectivity index (χ2n) is 4.32. The van der Waals surface area contributed by atoms with Crippen LogP contribution in [0.15, 0.2) is 18.2 Å². The zero-order valence-electron chi connectivity index (χ0n) is 11.3. The third-order valence-corrected chi connectivity index (χ3v) is 2.97. The van der Waals surface area contributed by atoms with Crippen molar-refractivity contribution in [2.24, 2.45) is 0 Å². The first-order chi connectivity index (χ1) is 8.62. The molecule has 0 radical (unpaired) electrons. The Balaban J connectivity index is 2.82. The first-order valence-corrected chi connectivity index (χ1v) is 6.36. The lowest BCUT2D eigenvalue weighted by atomic mass is 10.1. The van der Waals surface area contributed by atoms with Crippen LogP contribution in [0.5, 0.6) is 5.75 Å². The van der Waals surface area contributed by atoms with Crippen LogP contribution in [0, 0.1) is 0 Å². The van der Waals surface area contributed by atoms with Crippen LogP contribution in [0.25, 0.3) is 0 Å². The summed E-state index contributed by atoms with van der Waals surface area (Å²) in [6.07, 6.45) is 2.95. The first kappa shape index (κ1) is 14.4. The van der Waals surface area contributed by atoms with Gasteiger partial charge in [-0.05, 0) is 31.0 Å². The average Bonchev–Trinajstić information content (AvgIpc) is 2.38. The minimum atomic E-state index is -0.133. The number of hydrogen-bond donors (Lipinski definition) is 2. The van der Waals surface area contributed by atoms with Gasteiger partial charge in [0.25, 0.3) is 5.91 Å². The number of rotatable bonds is 6. The lowest BCUT2D eigenvalue weighted by Crippen LogP contribution is -2.34. The van der Waals surface area contributed by atoms with Gasteiger partial charge in [0.2, 0.25) is 0 Å². The Morgan fingerprint density at radius 2 is 2.17 bits per heavy atom. The topological polar surface area (TPSA) is 64.3 Å². The summed E-state index contributed by atoms with van der Waals surface area (Å²) in [5, 5.41) is 3.00. The Morgan fingerprint density at radius 1 is 1.44 bits per heavy atom. The van der Waals surface area contributed by atoms with E-state index < -0.39 is 0 Å². The van der Waals surface area contributed by atoms with E-state index in [9.17, 15) is 4.79 Å². The van der Waals surface area contributed by atoms with Crippen molar-refractivity contribution in [3.63, 3.8) is 0 Å². The Kier molecular flexibility index (Phi) is 5.49. The van der Waals surface area contributed by atoms with E-state index >= 15 is 0 Å². The number of carbonyl (C=O) groups is 1. The smallest absolute Gasteiger partial charge is 0.253 e. The van der Waals surface area contributed by atoms with Crippen LogP contribution in [0.2, 0.25) is 0 Å². The summed E-state index contributed by atoms with van der Waals surface area (Å²) in [6, 6.07) is 5.31. The van der Waals surface area contributed by atoms with Crippen LogP contribution in [-0.4, -0.2) is 19.1 Å². The molecule has 0 saturated carbocycles. The molecule has 0 fully saturated rings. The van der Waals surface area contributed by atoms with Crippen LogP contribution in [0.4, 0.5) is 5.69 Å². The van der Waals surface area contributed by atoms with Crippen molar-refractivity contribution in [2.45, 2.75) is 39.2 Å². The maximum absolute atomic E-state index is 12.1. The third kappa shape index (κ3) is 3.65. The second kappa shape index (κ2) is 6.89. The van der Waals surface area contributed by atoms with E-state index in [4.69, 9.17) is 10.5 Å². The van der Waals surface area contributed by atoms with Crippen molar-refractivity contribution in [1.82, 2.24) is 5.32 Å². The lowest BCUT2D eigenvalue weighted by Gasteiger charge is -2.17. The molecule has 0 aliphatic carbocycles. The fraction of sp³-hybridized carbons (Fsp3) is 0.500. The molecule has 1 aromatic rings. The van der Waals surface area contributed by atoms with Gasteiger partial charge in [0.15, 0.2) is 0 Å². The predicted molar refractivity (Wildman–Crippen MR) is 73.9 cm³/mol. The largest absolute Gasteiger partial charge is 0.497 e. The van der Waals surface area contributed by atoms with Crippen LogP contribution in [0.1, 0.15) is 43.5 Å². The maximum atomic E-state index is 12.1. The average molecular weight is 250 g/mol. The van der Waals surface area contributed by atoms with Gasteiger partial charge >= 0.3 is 0 Å². The number of carbonyl (C=O) groups excluding carboxylic acids is 1. The molecule has 3 N–H and O–H groups in total. The molecule has 100 valence electrons. The molecule has 0 aromatic heterocycles. The summed E-state index contributed by atoms with van der Waals surface area (Å²) in [6.45, 7) is 4.17. The van der Waals surface area contributed by atoms with Gasteiger partial charge in [-0.3, -0.25) is 4.79 Å². The molecule has 1 unspecified atom stereocenters. The highest BCUT2D eigenvalue weighted by atomic mass is 16.5. The molecular formula is C14H22N2O2. The number of nitrogen functional groups attached to an aromatic ring is 1. The normalized spacial score (nSPS) is 11.9. The van der Waals surface area contributed by atoms with Gasteiger partial charge in [-0.1, -0.05) is 20.3 Å². The number of amides is 1.